The van der Waals surface area contributed by atoms with Crippen LogP contribution in [0, 0.1) is 11.3 Å². The Morgan fingerprint density at radius 3 is 2.86 bits per heavy atom. The summed E-state index contributed by atoms with van der Waals surface area (Å²) in [6.07, 6.45) is 1.47. The SMILES string of the molecule is CCc1nc(CC)n(CC(=O)Nc2cccc(C#N)c2)n1. The first-order valence-corrected chi connectivity index (χ1v) is 6.88. The van der Waals surface area contributed by atoms with Gasteiger partial charge >= 0.3 is 0 Å². The maximum atomic E-state index is 12.1. The first kappa shape index (κ1) is 14.7. The molecule has 108 valence electrons. The minimum Gasteiger partial charge on any atom is -0.324 e. The first-order valence-electron chi connectivity index (χ1n) is 6.88. The number of nitrogens with one attached hydrogen (secondary N) is 1. The first-order chi connectivity index (χ1) is 10.2. The Morgan fingerprint density at radius 2 is 2.19 bits per heavy atom. The van der Waals surface area contributed by atoms with Crippen molar-refractivity contribution in [3.8, 4) is 6.07 Å². The highest BCUT2D eigenvalue weighted by molar-refractivity contribution is 5.90. The Labute approximate surface area is 123 Å². The number of nitrogens with zero attached hydrogens (tertiary/aromatic N) is 4. The molecule has 0 saturated heterocycles. The molecule has 0 saturated carbocycles. The number of aromatic nitrogens is 3. The summed E-state index contributed by atoms with van der Waals surface area (Å²) in [5, 5.41) is 15.9. The standard InChI is InChI=1S/C15H17N5O/c1-3-13-18-14(4-2)20(19-13)10-15(21)17-12-7-5-6-11(8-12)9-16/h5-8H,3-4,10H2,1-2H3,(H,17,21). The van der Waals surface area contributed by atoms with Gasteiger partial charge in [0.15, 0.2) is 5.82 Å². The van der Waals surface area contributed by atoms with Crippen LogP contribution in [-0.4, -0.2) is 20.7 Å². The molecule has 0 unspecified atom stereocenters. The van der Waals surface area contributed by atoms with E-state index >= 15 is 0 Å². The van der Waals surface area contributed by atoms with Crippen molar-refractivity contribution >= 4 is 11.6 Å². The van der Waals surface area contributed by atoms with Gasteiger partial charge in [0.05, 0.1) is 11.6 Å². The van der Waals surface area contributed by atoms with E-state index in [0.29, 0.717) is 11.3 Å². The quantitative estimate of drug-likeness (QED) is 0.908. The van der Waals surface area contributed by atoms with Crippen molar-refractivity contribution in [1.29, 1.82) is 5.26 Å². The van der Waals surface area contributed by atoms with E-state index in [4.69, 9.17) is 5.26 Å². The lowest BCUT2D eigenvalue weighted by Gasteiger charge is -2.07. The van der Waals surface area contributed by atoms with Crippen molar-refractivity contribution < 1.29 is 4.79 Å². The molecule has 1 N–H and O–H groups in total. The summed E-state index contributed by atoms with van der Waals surface area (Å²) in [4.78, 5) is 16.4. The maximum absolute atomic E-state index is 12.1. The largest absolute Gasteiger partial charge is 0.324 e. The van der Waals surface area contributed by atoms with Crippen LogP contribution in [0.3, 0.4) is 0 Å². The molecule has 1 heterocycles. The predicted molar refractivity (Wildman–Crippen MR) is 78.6 cm³/mol. The molecule has 1 amide bonds. The fraction of sp³-hybridized carbons (Fsp3) is 0.333. The smallest absolute Gasteiger partial charge is 0.246 e. The normalized spacial score (nSPS) is 10.1. The average molecular weight is 283 g/mol. The molecule has 0 spiro atoms. The zero-order valence-electron chi connectivity index (χ0n) is 12.1. The van der Waals surface area contributed by atoms with E-state index in [2.05, 4.69) is 15.4 Å². The van der Waals surface area contributed by atoms with Gasteiger partial charge in [-0.1, -0.05) is 19.9 Å². The summed E-state index contributed by atoms with van der Waals surface area (Å²) >= 11 is 0. The molecule has 0 atom stereocenters. The number of amides is 1. The number of aryl methyl sites for hydroxylation is 2. The molecule has 0 aliphatic rings. The van der Waals surface area contributed by atoms with Crippen LogP contribution < -0.4 is 5.32 Å². The molecule has 6 nitrogen and oxygen atoms in total. The number of rotatable bonds is 5. The van der Waals surface area contributed by atoms with Crippen LogP contribution in [0.2, 0.25) is 0 Å². The molecule has 0 fully saturated rings. The minimum atomic E-state index is -0.188. The van der Waals surface area contributed by atoms with E-state index in [9.17, 15) is 4.79 Å². The minimum absolute atomic E-state index is 0.118. The van der Waals surface area contributed by atoms with E-state index < -0.39 is 0 Å². The van der Waals surface area contributed by atoms with Gasteiger partial charge in [0.25, 0.3) is 0 Å². The van der Waals surface area contributed by atoms with E-state index in [-0.39, 0.29) is 12.5 Å². The van der Waals surface area contributed by atoms with Gasteiger partial charge in [-0.15, -0.1) is 0 Å². The zero-order valence-corrected chi connectivity index (χ0v) is 12.1. The lowest BCUT2D eigenvalue weighted by Crippen LogP contribution is -2.21. The Hall–Kier alpha value is -2.68. The van der Waals surface area contributed by atoms with Crippen LogP contribution >= 0.6 is 0 Å². The van der Waals surface area contributed by atoms with Gasteiger partial charge in [-0.05, 0) is 18.2 Å². The zero-order chi connectivity index (χ0) is 15.2. The molecule has 21 heavy (non-hydrogen) atoms. The van der Waals surface area contributed by atoms with E-state index in [1.54, 1.807) is 28.9 Å². The van der Waals surface area contributed by atoms with Crippen molar-refractivity contribution in [1.82, 2.24) is 14.8 Å². The second kappa shape index (κ2) is 6.66. The van der Waals surface area contributed by atoms with Gasteiger partial charge in [0.2, 0.25) is 5.91 Å². The number of benzene rings is 1. The van der Waals surface area contributed by atoms with Gasteiger partial charge in [-0.2, -0.15) is 10.4 Å². The summed E-state index contributed by atoms with van der Waals surface area (Å²) in [5.41, 5.74) is 1.11. The Bertz CT molecular complexity index is 684. The van der Waals surface area contributed by atoms with Crippen molar-refractivity contribution in [2.24, 2.45) is 0 Å². The fourth-order valence-electron chi connectivity index (χ4n) is 1.97. The molecular formula is C15H17N5O. The lowest BCUT2D eigenvalue weighted by molar-refractivity contribution is -0.116. The van der Waals surface area contributed by atoms with Gasteiger partial charge in [0.1, 0.15) is 12.4 Å². The fourth-order valence-corrected chi connectivity index (χ4v) is 1.97. The summed E-state index contributed by atoms with van der Waals surface area (Å²) < 4.78 is 1.63. The van der Waals surface area contributed by atoms with Crippen LogP contribution in [0.1, 0.15) is 31.1 Å². The third-order valence-corrected chi connectivity index (χ3v) is 2.99. The van der Waals surface area contributed by atoms with E-state index in [1.165, 1.54) is 0 Å². The second-order valence-electron chi connectivity index (χ2n) is 4.55. The predicted octanol–water partition coefficient (Wildman–Crippen LogP) is 1.91. The van der Waals surface area contributed by atoms with Crippen molar-refractivity contribution in [2.75, 3.05) is 5.32 Å². The molecule has 2 rings (SSSR count). The molecule has 2 aromatic rings. The Balaban J connectivity index is 2.08. The molecule has 1 aromatic heterocycles. The number of carbonyl (C=O) groups is 1. The number of carbonyl (C=O) groups excluding carboxylic acids is 1. The Morgan fingerprint density at radius 1 is 1.38 bits per heavy atom. The topological polar surface area (TPSA) is 83.6 Å². The number of hydrogen-bond donors (Lipinski definition) is 1. The molecule has 1 aromatic carbocycles. The van der Waals surface area contributed by atoms with Crippen LogP contribution in [0.5, 0.6) is 0 Å². The monoisotopic (exact) mass is 283 g/mol. The highest BCUT2D eigenvalue weighted by Crippen LogP contribution is 2.10. The highest BCUT2D eigenvalue weighted by atomic mass is 16.2. The molecule has 0 bridgehead atoms. The van der Waals surface area contributed by atoms with E-state index in [0.717, 1.165) is 24.5 Å². The molecule has 0 aliphatic carbocycles. The number of anilines is 1. The lowest BCUT2D eigenvalue weighted by atomic mass is 10.2. The summed E-state index contributed by atoms with van der Waals surface area (Å²) in [6.45, 7) is 4.08. The van der Waals surface area contributed by atoms with Crippen molar-refractivity contribution in [2.45, 2.75) is 33.2 Å². The van der Waals surface area contributed by atoms with Crippen LogP contribution in [0.25, 0.3) is 0 Å². The van der Waals surface area contributed by atoms with Gasteiger partial charge < -0.3 is 5.32 Å². The molecule has 0 aliphatic heterocycles. The highest BCUT2D eigenvalue weighted by Gasteiger charge is 2.11. The summed E-state index contributed by atoms with van der Waals surface area (Å²) in [5.74, 6) is 1.35. The number of nitriles is 1. The van der Waals surface area contributed by atoms with Gasteiger partial charge in [-0.25, -0.2) is 9.67 Å². The van der Waals surface area contributed by atoms with Gasteiger partial charge in [-0.3, -0.25) is 4.79 Å². The molecule has 6 heteroatoms. The average Bonchev–Trinajstić information content (AvgIpc) is 2.89. The van der Waals surface area contributed by atoms with Crippen molar-refractivity contribution in [3.05, 3.63) is 41.5 Å². The molecular weight excluding hydrogens is 266 g/mol. The second-order valence-corrected chi connectivity index (χ2v) is 4.55. The third-order valence-electron chi connectivity index (χ3n) is 2.99. The summed E-state index contributed by atoms with van der Waals surface area (Å²) in [7, 11) is 0. The third kappa shape index (κ3) is 3.66. The van der Waals surface area contributed by atoms with E-state index in [1.807, 2.05) is 19.9 Å². The number of hydrogen-bond acceptors (Lipinski definition) is 4. The van der Waals surface area contributed by atoms with Gasteiger partial charge in [0, 0.05) is 18.5 Å². The Kier molecular flexibility index (Phi) is 4.67. The van der Waals surface area contributed by atoms with Crippen LogP contribution in [-0.2, 0) is 24.2 Å². The van der Waals surface area contributed by atoms with Crippen LogP contribution in [0.15, 0.2) is 24.3 Å². The molecule has 0 radical (unpaired) electrons. The summed E-state index contributed by atoms with van der Waals surface area (Å²) in [6, 6.07) is 8.85. The van der Waals surface area contributed by atoms with Crippen LogP contribution in [0.4, 0.5) is 5.69 Å². The van der Waals surface area contributed by atoms with Crippen molar-refractivity contribution in [3.63, 3.8) is 0 Å². The maximum Gasteiger partial charge on any atom is 0.246 e.